The van der Waals surface area contributed by atoms with Gasteiger partial charge in [-0.2, -0.15) is 5.01 Å². The maximum Gasteiger partial charge on any atom is 0.260 e. The van der Waals surface area contributed by atoms with E-state index in [1.54, 1.807) is 30.3 Å². The maximum absolute atomic E-state index is 15.4. The number of rotatable bonds is 8. The van der Waals surface area contributed by atoms with Crippen LogP contribution in [0, 0.1) is 30.6 Å². The number of amides is 4. The van der Waals surface area contributed by atoms with Crippen LogP contribution in [0.15, 0.2) is 103 Å². The number of carbonyl (C=O) groups is 4. The molecule has 0 unspecified atom stereocenters. The molecule has 2 N–H and O–H groups in total. The number of ether oxygens (including phenoxy) is 2. The van der Waals surface area contributed by atoms with Crippen LogP contribution in [0.3, 0.4) is 0 Å². The van der Waals surface area contributed by atoms with Gasteiger partial charge in [0.15, 0.2) is 0 Å². The van der Waals surface area contributed by atoms with E-state index in [-0.39, 0.29) is 36.2 Å². The first-order valence-electron chi connectivity index (χ1n) is 18.0. The number of hydrogen-bond donors (Lipinski definition) is 2. The van der Waals surface area contributed by atoms with E-state index in [0.717, 1.165) is 22.6 Å². The number of benzene rings is 4. The number of aromatic hydroxyl groups is 1. The zero-order chi connectivity index (χ0) is 37.2. The minimum Gasteiger partial charge on any atom is -0.507 e. The molecule has 0 radical (unpaired) electrons. The molecule has 2 aliphatic heterocycles. The molecule has 0 bridgehead atoms. The van der Waals surface area contributed by atoms with E-state index >= 15 is 4.79 Å². The number of allylic oxidation sites excluding steroid dienone is 2. The summed E-state index contributed by atoms with van der Waals surface area (Å²) in [6, 6.07) is 27.1. The van der Waals surface area contributed by atoms with E-state index in [9.17, 15) is 19.5 Å². The Labute approximate surface area is 308 Å². The van der Waals surface area contributed by atoms with Crippen LogP contribution in [-0.2, 0) is 31.0 Å². The molecular formula is C43H41N3O7. The molecule has 6 atom stereocenters. The van der Waals surface area contributed by atoms with Crippen LogP contribution >= 0.6 is 0 Å². The third kappa shape index (κ3) is 5.06. The number of imide groups is 2. The SMILES string of the molecule is CCc1ccc(N2C(=O)[C@H]3[C@H](CC=C4[C@H]3C[C@H]3C(=O)N(Nc5ccc(C)cc5)C(=O)[C@@]3(c3ccccc3)[C@H]4c3c(O)cc(OC)cc3OC)C2=O)cc1. The average Bonchev–Trinajstić information content (AvgIpc) is 3.56. The summed E-state index contributed by atoms with van der Waals surface area (Å²) in [6.07, 6.45) is 3.17. The van der Waals surface area contributed by atoms with Crippen LogP contribution in [-0.4, -0.2) is 48.0 Å². The molecule has 4 aliphatic rings. The third-order valence-electron chi connectivity index (χ3n) is 11.8. The van der Waals surface area contributed by atoms with E-state index in [4.69, 9.17) is 9.47 Å². The van der Waals surface area contributed by atoms with Gasteiger partial charge in [-0.15, -0.1) is 0 Å². The average molecular weight is 712 g/mol. The second kappa shape index (κ2) is 12.9. The van der Waals surface area contributed by atoms with Crippen molar-refractivity contribution in [2.24, 2.45) is 23.7 Å². The second-order valence-electron chi connectivity index (χ2n) is 14.4. The Morgan fingerprint density at radius 1 is 0.849 bits per heavy atom. The molecule has 2 heterocycles. The topological polar surface area (TPSA) is 125 Å². The molecule has 10 heteroatoms. The van der Waals surface area contributed by atoms with Gasteiger partial charge in [-0.05, 0) is 67.5 Å². The molecule has 4 amide bonds. The minimum absolute atomic E-state index is 0.135. The maximum atomic E-state index is 15.4. The summed E-state index contributed by atoms with van der Waals surface area (Å²) >= 11 is 0. The Balaban J connectivity index is 1.34. The lowest BCUT2D eigenvalue weighted by Crippen LogP contribution is -2.53. The van der Waals surface area contributed by atoms with Crippen molar-refractivity contribution in [2.75, 3.05) is 24.5 Å². The lowest BCUT2D eigenvalue weighted by Gasteiger charge is -2.50. The Bertz CT molecular complexity index is 2160. The Morgan fingerprint density at radius 3 is 2.23 bits per heavy atom. The first kappa shape index (κ1) is 34.2. The fourth-order valence-electron chi connectivity index (χ4n) is 9.36. The van der Waals surface area contributed by atoms with Crippen molar-refractivity contribution in [3.8, 4) is 17.2 Å². The largest absolute Gasteiger partial charge is 0.507 e. The summed E-state index contributed by atoms with van der Waals surface area (Å²) in [5.74, 6) is -5.09. The summed E-state index contributed by atoms with van der Waals surface area (Å²) in [4.78, 5) is 60.4. The molecule has 0 aromatic heterocycles. The number of nitrogens with zero attached hydrogens (tertiary/aromatic N) is 2. The summed E-state index contributed by atoms with van der Waals surface area (Å²) in [7, 11) is 2.96. The molecular weight excluding hydrogens is 670 g/mol. The number of aryl methyl sites for hydroxylation is 2. The first-order valence-corrected chi connectivity index (χ1v) is 18.0. The van der Waals surface area contributed by atoms with Gasteiger partial charge in [0.1, 0.15) is 17.2 Å². The van der Waals surface area contributed by atoms with Gasteiger partial charge in [-0.1, -0.05) is 78.7 Å². The van der Waals surface area contributed by atoms with Crippen LogP contribution in [0.4, 0.5) is 11.4 Å². The van der Waals surface area contributed by atoms with Crippen molar-refractivity contribution < 1.29 is 33.8 Å². The van der Waals surface area contributed by atoms with Crippen molar-refractivity contribution in [1.82, 2.24) is 5.01 Å². The van der Waals surface area contributed by atoms with Crippen LogP contribution in [0.5, 0.6) is 17.2 Å². The molecule has 8 rings (SSSR count). The van der Waals surface area contributed by atoms with Crippen LogP contribution in [0.25, 0.3) is 0 Å². The van der Waals surface area contributed by atoms with Crippen LogP contribution in [0.2, 0.25) is 0 Å². The predicted octanol–water partition coefficient (Wildman–Crippen LogP) is 6.47. The number of methoxy groups -OCH3 is 2. The highest BCUT2D eigenvalue weighted by atomic mass is 16.5. The molecule has 53 heavy (non-hydrogen) atoms. The van der Waals surface area contributed by atoms with Crippen molar-refractivity contribution in [2.45, 2.75) is 44.4 Å². The third-order valence-corrected chi connectivity index (χ3v) is 11.8. The molecule has 2 saturated heterocycles. The fraction of sp³-hybridized carbons (Fsp3) is 0.302. The highest BCUT2D eigenvalue weighted by Crippen LogP contribution is 2.66. The van der Waals surface area contributed by atoms with Gasteiger partial charge in [0.25, 0.3) is 11.8 Å². The number of nitrogens with one attached hydrogen (secondary N) is 1. The summed E-state index contributed by atoms with van der Waals surface area (Å²) in [6.45, 7) is 3.99. The number of phenols is 1. The quantitative estimate of drug-likeness (QED) is 0.158. The monoisotopic (exact) mass is 711 g/mol. The van der Waals surface area contributed by atoms with E-state index in [1.807, 2.05) is 74.5 Å². The highest BCUT2D eigenvalue weighted by molar-refractivity contribution is 6.22. The molecule has 4 aromatic carbocycles. The van der Waals surface area contributed by atoms with E-state index in [1.165, 1.54) is 25.2 Å². The number of anilines is 2. The molecule has 10 nitrogen and oxygen atoms in total. The minimum atomic E-state index is -1.56. The second-order valence-corrected chi connectivity index (χ2v) is 14.4. The lowest BCUT2D eigenvalue weighted by molar-refractivity contribution is -0.138. The first-order chi connectivity index (χ1) is 25.6. The van der Waals surface area contributed by atoms with Gasteiger partial charge in [-0.25, -0.2) is 0 Å². The Kier molecular flexibility index (Phi) is 8.36. The lowest BCUT2D eigenvalue weighted by atomic mass is 9.49. The van der Waals surface area contributed by atoms with Gasteiger partial charge in [0.05, 0.1) is 48.8 Å². The van der Waals surface area contributed by atoms with E-state index in [2.05, 4.69) is 5.43 Å². The Morgan fingerprint density at radius 2 is 1.57 bits per heavy atom. The van der Waals surface area contributed by atoms with Crippen molar-refractivity contribution in [3.63, 3.8) is 0 Å². The molecule has 0 spiro atoms. The van der Waals surface area contributed by atoms with Gasteiger partial charge >= 0.3 is 0 Å². The number of phenolic OH excluding ortho intramolecular Hbond substituents is 1. The number of hydrazine groups is 1. The van der Waals surface area contributed by atoms with E-state index in [0.29, 0.717) is 33.8 Å². The van der Waals surface area contributed by atoms with Crippen LogP contribution < -0.4 is 19.8 Å². The van der Waals surface area contributed by atoms with Gasteiger partial charge in [0, 0.05) is 23.6 Å². The van der Waals surface area contributed by atoms with E-state index < -0.39 is 46.8 Å². The molecule has 4 aromatic rings. The number of hydrogen-bond acceptors (Lipinski definition) is 8. The van der Waals surface area contributed by atoms with Crippen molar-refractivity contribution in [3.05, 3.63) is 125 Å². The van der Waals surface area contributed by atoms with Gasteiger partial charge in [-0.3, -0.25) is 29.5 Å². The number of fused-ring (bicyclic) bond motifs is 4. The fourth-order valence-corrected chi connectivity index (χ4v) is 9.36. The van der Waals surface area contributed by atoms with Crippen molar-refractivity contribution >= 4 is 35.0 Å². The van der Waals surface area contributed by atoms with Crippen molar-refractivity contribution in [1.29, 1.82) is 0 Å². The van der Waals surface area contributed by atoms with Crippen LogP contribution in [0.1, 0.15) is 47.9 Å². The molecule has 270 valence electrons. The smallest absolute Gasteiger partial charge is 0.260 e. The highest BCUT2D eigenvalue weighted by Gasteiger charge is 2.71. The molecule has 3 fully saturated rings. The van der Waals surface area contributed by atoms with Gasteiger partial charge < -0.3 is 14.6 Å². The summed E-state index contributed by atoms with van der Waals surface area (Å²) in [5, 5.41) is 13.0. The zero-order valence-electron chi connectivity index (χ0n) is 30.0. The number of carbonyl (C=O) groups excluding carboxylic acids is 4. The predicted molar refractivity (Wildman–Crippen MR) is 198 cm³/mol. The zero-order valence-corrected chi connectivity index (χ0v) is 30.0. The normalized spacial score (nSPS) is 26.2. The molecule has 1 saturated carbocycles. The standard InChI is InChI=1S/C43H41N3O7/c1-5-25-13-17-28(18-14-25)45-39(48)31-20-19-30-32(36(31)41(45)50)23-33-40(49)46(44-27-15-11-24(2)12-16-27)42(51)43(33,26-9-7-6-8-10-26)38(30)37-34(47)21-29(52-3)22-35(37)53-4/h6-19,21-22,31-33,36,38,44,47H,5,20,23H2,1-4H3/t31-,32+,33-,36-,38+,43+/m0/s1. The summed E-state index contributed by atoms with van der Waals surface area (Å²) < 4.78 is 11.4. The Hall–Kier alpha value is -5.90. The van der Waals surface area contributed by atoms with Gasteiger partial charge in [0.2, 0.25) is 11.8 Å². The molecule has 2 aliphatic carbocycles. The summed E-state index contributed by atoms with van der Waals surface area (Å²) in [5.41, 5.74) is 6.32.